The summed E-state index contributed by atoms with van der Waals surface area (Å²) in [5.74, 6) is 0.924. The van der Waals surface area contributed by atoms with Crippen LogP contribution in [0.25, 0.3) is 0 Å². The molecule has 0 saturated heterocycles. The van der Waals surface area contributed by atoms with Crippen molar-refractivity contribution in [3.8, 4) is 0 Å². The molecule has 0 aromatic heterocycles. The van der Waals surface area contributed by atoms with Crippen LogP contribution in [0.4, 0.5) is 0 Å². The standard InChI is InChI=1S/C22H21BCl3.C10H13OS/c1-2-3-16-23(17-4-10-20(24)11-5-17,18-6-12-21(25)13-7-18)19-8-14-22(26)15-9-19;1-12(2)8-10(11)9-6-4-3-5-7-9/h4-15H,2-3,16H2,1H3;3-7H,8H2,1-2H3/q-1;+1. The van der Waals surface area contributed by atoms with E-state index >= 15 is 0 Å². The molecule has 4 rings (SSSR count). The maximum atomic E-state index is 11.5. The Hall–Kier alpha value is -2.17. The molecule has 38 heavy (non-hydrogen) atoms. The Morgan fingerprint density at radius 2 is 1.05 bits per heavy atom. The predicted octanol–water partition coefficient (Wildman–Crippen LogP) is 7.66. The molecule has 0 fully saturated rings. The van der Waals surface area contributed by atoms with Crippen LogP contribution in [0.3, 0.4) is 0 Å². The van der Waals surface area contributed by atoms with Crippen LogP contribution in [0.15, 0.2) is 103 Å². The van der Waals surface area contributed by atoms with Gasteiger partial charge in [-0.25, -0.2) is 0 Å². The number of ketones is 1. The van der Waals surface area contributed by atoms with Crippen molar-refractivity contribution in [1.82, 2.24) is 0 Å². The summed E-state index contributed by atoms with van der Waals surface area (Å²) in [4.78, 5) is 11.5. The normalized spacial score (nSPS) is 11.1. The molecule has 0 saturated carbocycles. The number of carbonyl (C=O) groups excluding carboxylic acids is 1. The Balaban J connectivity index is 0.000000279. The van der Waals surface area contributed by atoms with E-state index in [0.717, 1.165) is 39.8 Å². The second-order valence-corrected chi connectivity index (χ2v) is 13.3. The van der Waals surface area contributed by atoms with Crippen molar-refractivity contribution in [1.29, 1.82) is 0 Å². The van der Waals surface area contributed by atoms with Crippen LogP contribution in [0, 0.1) is 0 Å². The van der Waals surface area contributed by atoms with Gasteiger partial charge in [0.15, 0.2) is 5.75 Å². The van der Waals surface area contributed by atoms with Gasteiger partial charge in [0.1, 0.15) is 0 Å². The van der Waals surface area contributed by atoms with E-state index in [2.05, 4.69) is 55.8 Å². The average molecular weight is 584 g/mol. The van der Waals surface area contributed by atoms with Gasteiger partial charge in [0.05, 0.1) is 18.7 Å². The van der Waals surface area contributed by atoms with Crippen molar-refractivity contribution in [3.05, 3.63) is 124 Å². The van der Waals surface area contributed by atoms with Crippen molar-refractivity contribution in [2.45, 2.75) is 26.1 Å². The largest absolute Gasteiger partial charge is 0.289 e. The van der Waals surface area contributed by atoms with Gasteiger partial charge in [0, 0.05) is 20.6 Å². The summed E-state index contributed by atoms with van der Waals surface area (Å²) in [6, 6.07) is 34.3. The topological polar surface area (TPSA) is 17.1 Å². The molecule has 0 aliphatic carbocycles. The zero-order chi connectivity index (χ0) is 27.5. The van der Waals surface area contributed by atoms with Crippen molar-refractivity contribution in [2.75, 3.05) is 18.3 Å². The molecule has 0 N–H and O–H groups in total. The van der Waals surface area contributed by atoms with Crippen molar-refractivity contribution >= 4 is 74.0 Å². The van der Waals surface area contributed by atoms with E-state index in [4.69, 9.17) is 34.8 Å². The van der Waals surface area contributed by atoms with E-state index in [9.17, 15) is 4.79 Å². The number of rotatable bonds is 9. The molecule has 198 valence electrons. The summed E-state index contributed by atoms with van der Waals surface area (Å²) < 4.78 is 0. The number of Topliss-reactive ketones (excluding diaryl/α,β-unsaturated/α-hetero) is 1. The Kier molecular flexibility index (Phi) is 11.9. The minimum absolute atomic E-state index is 0.204. The van der Waals surface area contributed by atoms with Crippen LogP contribution in [0.5, 0.6) is 0 Å². The van der Waals surface area contributed by atoms with Gasteiger partial charge < -0.3 is 0 Å². The van der Waals surface area contributed by atoms with Gasteiger partial charge in [-0.15, -0.1) is 0 Å². The number of hydrogen-bond donors (Lipinski definition) is 0. The number of benzene rings is 4. The van der Waals surface area contributed by atoms with E-state index in [0.29, 0.717) is 5.75 Å². The first-order valence-electron chi connectivity index (χ1n) is 12.8. The Morgan fingerprint density at radius 3 is 1.39 bits per heavy atom. The maximum Gasteiger partial charge on any atom is 0.211 e. The average Bonchev–Trinajstić information content (AvgIpc) is 2.92. The summed E-state index contributed by atoms with van der Waals surface area (Å²) in [7, 11) is 0.204. The molecular weight excluding hydrogens is 550 g/mol. The van der Waals surface area contributed by atoms with Crippen LogP contribution in [0.2, 0.25) is 21.4 Å². The highest BCUT2D eigenvalue weighted by atomic mass is 35.5. The van der Waals surface area contributed by atoms with Crippen molar-refractivity contribution < 1.29 is 4.79 Å². The van der Waals surface area contributed by atoms with Crippen LogP contribution in [-0.2, 0) is 10.9 Å². The Bertz CT molecular complexity index is 1160. The van der Waals surface area contributed by atoms with E-state index < -0.39 is 6.15 Å². The first-order chi connectivity index (χ1) is 18.3. The molecule has 4 aromatic rings. The lowest BCUT2D eigenvalue weighted by molar-refractivity contribution is 0.102. The molecule has 0 atom stereocenters. The van der Waals surface area contributed by atoms with Crippen LogP contribution >= 0.6 is 34.8 Å². The first-order valence-corrected chi connectivity index (χ1v) is 16.2. The lowest BCUT2D eigenvalue weighted by Crippen LogP contribution is -2.66. The SMILES string of the molecule is CCCC[B-](c1ccc(Cl)cc1)(c1ccc(Cl)cc1)c1ccc(Cl)cc1.C[S+](C)CC(=O)c1ccccc1. The van der Waals surface area contributed by atoms with Crippen LogP contribution in [-0.4, -0.2) is 30.2 Å². The molecular formula is C32H34BCl3OS. The van der Waals surface area contributed by atoms with Crippen LogP contribution < -0.4 is 16.4 Å². The highest BCUT2D eigenvalue weighted by Gasteiger charge is 2.29. The quantitative estimate of drug-likeness (QED) is 0.112. The molecule has 0 bridgehead atoms. The molecule has 0 aliphatic heterocycles. The smallest absolute Gasteiger partial charge is 0.211 e. The second kappa shape index (κ2) is 14.8. The summed E-state index contributed by atoms with van der Waals surface area (Å²) in [6.07, 6.45) is 6.36. The number of unbranched alkanes of at least 4 members (excludes halogenated alkanes) is 1. The summed E-state index contributed by atoms with van der Waals surface area (Å²) in [5, 5.41) is 2.25. The third-order valence-electron chi connectivity index (χ3n) is 6.82. The number of halogens is 3. The van der Waals surface area contributed by atoms with Gasteiger partial charge in [-0.2, -0.15) is 22.7 Å². The van der Waals surface area contributed by atoms with Gasteiger partial charge in [-0.3, -0.25) is 4.79 Å². The number of hydrogen-bond acceptors (Lipinski definition) is 1. The van der Waals surface area contributed by atoms with Gasteiger partial charge in [-0.1, -0.05) is 121 Å². The Labute approximate surface area is 245 Å². The van der Waals surface area contributed by atoms with E-state index in [1.807, 2.05) is 66.7 Å². The predicted molar refractivity (Wildman–Crippen MR) is 174 cm³/mol. The van der Waals surface area contributed by atoms with Crippen molar-refractivity contribution in [2.24, 2.45) is 0 Å². The number of carbonyl (C=O) groups is 1. The van der Waals surface area contributed by atoms with Gasteiger partial charge in [0.2, 0.25) is 5.78 Å². The monoisotopic (exact) mass is 582 g/mol. The molecule has 1 nitrogen and oxygen atoms in total. The minimum atomic E-state index is -1.13. The zero-order valence-corrected chi connectivity index (χ0v) is 25.3. The van der Waals surface area contributed by atoms with Crippen molar-refractivity contribution in [3.63, 3.8) is 0 Å². The molecule has 4 aromatic carbocycles. The molecule has 0 heterocycles. The summed E-state index contributed by atoms with van der Waals surface area (Å²) in [6.45, 7) is 2.23. The zero-order valence-electron chi connectivity index (χ0n) is 22.2. The fraction of sp³-hybridized carbons (Fsp3) is 0.219. The van der Waals surface area contributed by atoms with Gasteiger partial charge in [0.25, 0.3) is 0 Å². The molecule has 0 unspecified atom stereocenters. The second-order valence-electron chi connectivity index (χ2n) is 9.76. The molecule has 0 amide bonds. The molecule has 0 aliphatic rings. The molecule has 0 radical (unpaired) electrons. The third-order valence-corrected chi connectivity index (χ3v) is 8.42. The Morgan fingerprint density at radius 1 is 0.658 bits per heavy atom. The first kappa shape index (κ1) is 30.4. The third kappa shape index (κ3) is 8.17. The fourth-order valence-electron chi connectivity index (χ4n) is 4.93. The highest BCUT2D eigenvalue weighted by molar-refractivity contribution is 7.96. The lowest BCUT2D eigenvalue weighted by atomic mass is 9.14. The molecule has 0 spiro atoms. The fourth-order valence-corrected chi connectivity index (χ4v) is 6.00. The van der Waals surface area contributed by atoms with Gasteiger partial charge in [-0.05, 0) is 47.3 Å². The highest BCUT2D eigenvalue weighted by Crippen LogP contribution is 2.20. The van der Waals surface area contributed by atoms with E-state index in [-0.39, 0.29) is 16.7 Å². The minimum Gasteiger partial charge on any atom is -0.289 e. The van der Waals surface area contributed by atoms with Gasteiger partial charge >= 0.3 is 0 Å². The lowest BCUT2D eigenvalue weighted by Gasteiger charge is -2.43. The van der Waals surface area contributed by atoms with E-state index in [1.54, 1.807) is 0 Å². The molecule has 6 heteroatoms. The van der Waals surface area contributed by atoms with E-state index in [1.165, 1.54) is 16.4 Å². The summed E-state index contributed by atoms with van der Waals surface area (Å²) >= 11 is 18.5. The summed E-state index contributed by atoms with van der Waals surface area (Å²) in [5.41, 5.74) is 4.69. The maximum absolute atomic E-state index is 11.5. The van der Waals surface area contributed by atoms with Crippen LogP contribution in [0.1, 0.15) is 30.1 Å².